The molecule has 2 saturated heterocycles. The third kappa shape index (κ3) is 10.7. The van der Waals surface area contributed by atoms with Gasteiger partial charge in [-0.1, -0.05) is 91.0 Å². The molecule has 9 atom stereocenters. The average Bonchev–Trinajstić information content (AvgIpc) is 3.80. The Hall–Kier alpha value is -5.62. The minimum atomic E-state index is -1.34. The van der Waals surface area contributed by atoms with Crippen LogP contribution in [0.3, 0.4) is 0 Å². The standard InChI is InChI=1S/C43H46N4O12/c1-27(48)54-36-35(24-52-21-31-15-9-5-10-16-31)58-43(40(38(36)55-28(2)49)53-22-32-17-11-6-12-18-32)59-37-34(23-51-20-30-13-7-4-8-14-30)57-42(39(37)56-29(3)50)47-26-46-33-19-44-25-45-41(33)47/h4-19,25-26,34-40,42-43H,20-24H2,1-3H3/t34-,35-,36-,37-,38+,39-,40-,42-,43-/m1/s1. The van der Waals surface area contributed by atoms with Crippen LogP contribution >= 0.6 is 0 Å². The first-order valence-corrected chi connectivity index (χ1v) is 19.2. The van der Waals surface area contributed by atoms with Crippen LogP contribution in [0, 0.1) is 0 Å². The lowest BCUT2D eigenvalue weighted by molar-refractivity contribution is -0.331. The second-order valence-corrected chi connectivity index (χ2v) is 14.1. The van der Waals surface area contributed by atoms with E-state index in [9.17, 15) is 14.4 Å². The first kappa shape index (κ1) is 41.5. The number of benzene rings is 3. The molecule has 2 aromatic heterocycles. The number of aromatic nitrogens is 4. The third-order valence-electron chi connectivity index (χ3n) is 9.66. The minimum absolute atomic E-state index is 0.00917. The molecule has 16 heteroatoms. The van der Waals surface area contributed by atoms with E-state index in [0.717, 1.165) is 16.7 Å². The monoisotopic (exact) mass is 810 g/mol. The van der Waals surface area contributed by atoms with Crippen molar-refractivity contribution < 1.29 is 57.0 Å². The summed E-state index contributed by atoms with van der Waals surface area (Å²) in [5, 5.41) is 0. The largest absolute Gasteiger partial charge is 0.456 e. The van der Waals surface area contributed by atoms with Crippen LogP contribution in [-0.2, 0) is 76.8 Å². The Morgan fingerprint density at radius 2 is 1.14 bits per heavy atom. The van der Waals surface area contributed by atoms with Gasteiger partial charge in [0.25, 0.3) is 0 Å². The number of fused-ring (bicyclic) bond motifs is 1. The van der Waals surface area contributed by atoms with Crippen LogP contribution in [0.15, 0.2) is 110 Å². The molecule has 16 nitrogen and oxygen atoms in total. The molecule has 2 aliphatic heterocycles. The van der Waals surface area contributed by atoms with Crippen LogP contribution in [0.1, 0.15) is 43.7 Å². The summed E-state index contributed by atoms with van der Waals surface area (Å²) in [6, 6.07) is 28.4. The number of imidazole rings is 1. The Morgan fingerprint density at radius 3 is 1.71 bits per heavy atom. The molecule has 310 valence electrons. The van der Waals surface area contributed by atoms with Gasteiger partial charge in [0.1, 0.15) is 36.3 Å². The topological polar surface area (TPSA) is 178 Å². The second kappa shape index (κ2) is 19.9. The lowest BCUT2D eigenvalue weighted by atomic mass is 9.97. The zero-order valence-electron chi connectivity index (χ0n) is 32.8. The van der Waals surface area contributed by atoms with Gasteiger partial charge in [-0.25, -0.2) is 15.0 Å². The van der Waals surface area contributed by atoms with Crippen molar-refractivity contribution in [2.24, 2.45) is 0 Å². The maximum atomic E-state index is 12.9. The van der Waals surface area contributed by atoms with Gasteiger partial charge in [-0.05, 0) is 16.7 Å². The van der Waals surface area contributed by atoms with E-state index < -0.39 is 73.2 Å². The van der Waals surface area contributed by atoms with E-state index in [1.807, 2.05) is 91.0 Å². The Morgan fingerprint density at radius 1 is 0.610 bits per heavy atom. The van der Waals surface area contributed by atoms with Crippen LogP contribution in [0.25, 0.3) is 11.2 Å². The predicted molar refractivity (Wildman–Crippen MR) is 207 cm³/mol. The maximum Gasteiger partial charge on any atom is 0.303 e. The van der Waals surface area contributed by atoms with E-state index >= 15 is 0 Å². The van der Waals surface area contributed by atoms with Crippen LogP contribution in [0.5, 0.6) is 0 Å². The highest BCUT2D eigenvalue weighted by molar-refractivity contribution is 5.69. The Labute approximate surface area is 340 Å². The van der Waals surface area contributed by atoms with E-state index in [2.05, 4.69) is 15.0 Å². The van der Waals surface area contributed by atoms with Gasteiger partial charge in [0.2, 0.25) is 0 Å². The summed E-state index contributed by atoms with van der Waals surface area (Å²) in [7, 11) is 0. The minimum Gasteiger partial charge on any atom is -0.456 e. The van der Waals surface area contributed by atoms with Crippen molar-refractivity contribution in [3.63, 3.8) is 0 Å². The summed E-state index contributed by atoms with van der Waals surface area (Å²) in [6.45, 7) is 4.17. The van der Waals surface area contributed by atoms with Crippen molar-refractivity contribution in [3.8, 4) is 0 Å². The van der Waals surface area contributed by atoms with Crippen molar-refractivity contribution in [2.75, 3.05) is 13.2 Å². The molecule has 0 amide bonds. The number of esters is 3. The fourth-order valence-electron chi connectivity index (χ4n) is 7.13. The van der Waals surface area contributed by atoms with Crippen molar-refractivity contribution in [1.29, 1.82) is 0 Å². The van der Waals surface area contributed by atoms with Crippen molar-refractivity contribution >= 4 is 29.1 Å². The van der Waals surface area contributed by atoms with Crippen LogP contribution in [0.4, 0.5) is 0 Å². The summed E-state index contributed by atoms with van der Waals surface area (Å²) in [5.74, 6) is -1.91. The Bertz CT molecular complexity index is 2120. The van der Waals surface area contributed by atoms with Crippen LogP contribution < -0.4 is 0 Å². The number of ether oxygens (including phenoxy) is 9. The van der Waals surface area contributed by atoms with Gasteiger partial charge in [-0.15, -0.1) is 0 Å². The molecule has 0 bridgehead atoms. The summed E-state index contributed by atoms with van der Waals surface area (Å²) in [6.07, 6.45) is -5.59. The average molecular weight is 811 g/mol. The van der Waals surface area contributed by atoms with Crippen molar-refractivity contribution in [2.45, 2.75) is 95.8 Å². The fourth-order valence-corrected chi connectivity index (χ4v) is 7.13. The number of hydrogen-bond acceptors (Lipinski definition) is 15. The zero-order chi connectivity index (χ0) is 41.1. The van der Waals surface area contributed by atoms with E-state index in [1.165, 1.54) is 33.4 Å². The van der Waals surface area contributed by atoms with Crippen LogP contribution in [-0.4, -0.2) is 99.7 Å². The van der Waals surface area contributed by atoms with Gasteiger partial charge < -0.3 is 42.6 Å². The second-order valence-electron chi connectivity index (χ2n) is 14.1. The zero-order valence-corrected chi connectivity index (χ0v) is 32.8. The van der Waals surface area contributed by atoms with Gasteiger partial charge in [0.05, 0.1) is 45.6 Å². The molecule has 5 aromatic rings. The smallest absolute Gasteiger partial charge is 0.303 e. The number of nitrogens with zero attached hydrogens (tertiary/aromatic N) is 4. The highest BCUT2D eigenvalue weighted by Crippen LogP contribution is 2.39. The Balaban J connectivity index is 1.25. The maximum absolute atomic E-state index is 12.9. The van der Waals surface area contributed by atoms with Gasteiger partial charge in [0, 0.05) is 20.8 Å². The van der Waals surface area contributed by atoms with Crippen molar-refractivity contribution in [1.82, 2.24) is 19.5 Å². The molecular formula is C43H46N4O12. The summed E-state index contributed by atoms with van der Waals surface area (Å²) in [5.41, 5.74) is 3.54. The Kier molecular flexibility index (Phi) is 14.0. The van der Waals surface area contributed by atoms with E-state index in [4.69, 9.17) is 42.6 Å². The molecule has 4 heterocycles. The lowest BCUT2D eigenvalue weighted by Crippen LogP contribution is -2.63. The van der Waals surface area contributed by atoms with Gasteiger partial charge >= 0.3 is 17.9 Å². The van der Waals surface area contributed by atoms with Gasteiger partial charge in [-0.3, -0.25) is 19.0 Å². The number of carbonyl (C=O) groups is 3. The van der Waals surface area contributed by atoms with Crippen molar-refractivity contribution in [3.05, 3.63) is 127 Å². The molecule has 0 saturated carbocycles. The molecule has 59 heavy (non-hydrogen) atoms. The van der Waals surface area contributed by atoms with Crippen LogP contribution in [0.2, 0.25) is 0 Å². The first-order valence-electron chi connectivity index (χ1n) is 19.2. The lowest BCUT2D eigenvalue weighted by Gasteiger charge is -2.45. The molecule has 0 unspecified atom stereocenters. The predicted octanol–water partition coefficient (Wildman–Crippen LogP) is 4.65. The van der Waals surface area contributed by atoms with E-state index in [0.29, 0.717) is 11.2 Å². The molecule has 7 rings (SSSR count). The first-order chi connectivity index (χ1) is 28.7. The van der Waals surface area contributed by atoms with E-state index in [-0.39, 0.29) is 33.0 Å². The fraction of sp³-hybridized carbons (Fsp3) is 0.395. The SMILES string of the molecule is CC(=O)O[C@@H]1[C@@H](OCc2ccccc2)[C@@H](O[C@H]2[C@@H](OC(C)=O)[C@H](n3cnc4cncnc43)O[C@@H]2COCc2ccccc2)O[C@H](COCc2ccccc2)[C@H]1OC(C)=O. The highest BCUT2D eigenvalue weighted by Gasteiger charge is 2.56. The molecule has 2 fully saturated rings. The molecule has 2 aliphatic rings. The number of carbonyl (C=O) groups excluding carboxylic acids is 3. The molecular weight excluding hydrogens is 764 g/mol. The highest BCUT2D eigenvalue weighted by atomic mass is 16.8. The quantitative estimate of drug-likeness (QED) is 0.0936. The molecule has 0 aliphatic carbocycles. The van der Waals surface area contributed by atoms with Gasteiger partial charge in [0.15, 0.2) is 36.5 Å². The normalized spacial score (nSPS) is 25.4. The third-order valence-corrected chi connectivity index (χ3v) is 9.66. The number of hydrogen-bond donors (Lipinski definition) is 0. The molecule has 0 N–H and O–H groups in total. The van der Waals surface area contributed by atoms with E-state index in [1.54, 1.807) is 10.8 Å². The summed E-state index contributed by atoms with van der Waals surface area (Å²) < 4.78 is 58.4. The van der Waals surface area contributed by atoms with Gasteiger partial charge in [-0.2, -0.15) is 0 Å². The number of rotatable bonds is 17. The molecule has 3 aromatic carbocycles. The summed E-state index contributed by atoms with van der Waals surface area (Å²) in [4.78, 5) is 51.2. The molecule has 0 radical (unpaired) electrons. The summed E-state index contributed by atoms with van der Waals surface area (Å²) >= 11 is 0. The molecule has 0 spiro atoms.